The van der Waals surface area contributed by atoms with E-state index in [2.05, 4.69) is 16.5 Å². The van der Waals surface area contributed by atoms with Gasteiger partial charge in [0.2, 0.25) is 5.91 Å². The van der Waals surface area contributed by atoms with Crippen molar-refractivity contribution in [3.63, 3.8) is 0 Å². The highest BCUT2D eigenvalue weighted by molar-refractivity contribution is 5.85. The van der Waals surface area contributed by atoms with Crippen LogP contribution in [0.1, 0.15) is 51.1 Å². The Morgan fingerprint density at radius 3 is 2.88 bits per heavy atom. The molecule has 0 aliphatic heterocycles. The Morgan fingerprint density at radius 1 is 1.40 bits per heavy atom. The van der Waals surface area contributed by atoms with Gasteiger partial charge >= 0.3 is 0 Å². The average molecular weight is 363 g/mol. The Morgan fingerprint density at radius 2 is 2.20 bits per heavy atom. The van der Waals surface area contributed by atoms with Crippen LogP contribution in [0, 0.1) is 5.92 Å². The number of hydrogen-bond donors (Lipinski definition) is 2. The molecule has 1 aliphatic rings. The number of benzene rings is 1. The highest BCUT2D eigenvalue weighted by atomic mass is 35.5. The number of carbonyl (C=O) groups is 1. The lowest BCUT2D eigenvalue weighted by atomic mass is 9.74. The Kier molecular flexibility index (Phi) is 6.25. The lowest BCUT2D eigenvalue weighted by Crippen LogP contribution is -2.53. The zero-order valence-electron chi connectivity index (χ0n) is 14.8. The van der Waals surface area contributed by atoms with Crippen LogP contribution < -0.4 is 11.1 Å². The van der Waals surface area contributed by atoms with Gasteiger partial charge in [-0.2, -0.15) is 5.10 Å². The molecule has 1 aromatic carbocycles. The van der Waals surface area contributed by atoms with Gasteiger partial charge in [0.1, 0.15) is 0 Å². The van der Waals surface area contributed by atoms with Crippen molar-refractivity contribution < 1.29 is 4.79 Å². The molecule has 3 unspecified atom stereocenters. The quantitative estimate of drug-likeness (QED) is 0.875. The van der Waals surface area contributed by atoms with E-state index in [-0.39, 0.29) is 30.3 Å². The van der Waals surface area contributed by atoms with Gasteiger partial charge in [-0.05, 0) is 50.5 Å². The van der Waals surface area contributed by atoms with E-state index in [1.807, 2.05) is 49.0 Å². The summed E-state index contributed by atoms with van der Waals surface area (Å²) in [4.78, 5) is 12.7. The lowest BCUT2D eigenvalue weighted by Gasteiger charge is -2.37. The third-order valence-corrected chi connectivity index (χ3v) is 5.07. The maximum atomic E-state index is 12.7. The third kappa shape index (κ3) is 4.41. The molecule has 0 spiro atoms. The van der Waals surface area contributed by atoms with Gasteiger partial charge in [0.15, 0.2) is 0 Å². The van der Waals surface area contributed by atoms with Crippen molar-refractivity contribution in [2.75, 3.05) is 0 Å². The molecule has 2 aromatic rings. The Bertz CT molecular complexity index is 699. The molecule has 1 aliphatic carbocycles. The molecule has 1 saturated carbocycles. The van der Waals surface area contributed by atoms with Gasteiger partial charge in [0.05, 0.1) is 17.6 Å². The molecule has 3 N–H and O–H groups in total. The second-order valence-corrected chi connectivity index (χ2v) is 7.08. The fourth-order valence-electron chi connectivity index (χ4n) is 3.54. The number of halogens is 1. The van der Waals surface area contributed by atoms with Crippen LogP contribution in [0.15, 0.2) is 42.7 Å². The van der Waals surface area contributed by atoms with Gasteiger partial charge in [-0.3, -0.25) is 4.79 Å². The van der Waals surface area contributed by atoms with E-state index >= 15 is 0 Å². The van der Waals surface area contributed by atoms with Crippen LogP contribution in [0.5, 0.6) is 0 Å². The molecule has 1 aromatic heterocycles. The maximum absolute atomic E-state index is 12.7. The minimum absolute atomic E-state index is 0. The lowest BCUT2D eigenvalue weighted by molar-refractivity contribution is -0.128. The topological polar surface area (TPSA) is 72.9 Å². The van der Waals surface area contributed by atoms with Crippen molar-refractivity contribution in [1.29, 1.82) is 0 Å². The molecule has 6 heteroatoms. The van der Waals surface area contributed by atoms with Crippen molar-refractivity contribution in [3.8, 4) is 5.69 Å². The standard InChI is InChI=1S/C19H26N4O.ClH/c1-14(22-18(24)17-9-3-4-10-19(17,2)20)15-7-5-8-16(13-15)23-12-6-11-21-23;/h5-8,11-14,17H,3-4,9-10,20H2,1-2H3,(H,22,24);1H. The largest absolute Gasteiger partial charge is 0.349 e. The average Bonchev–Trinajstić information content (AvgIpc) is 3.09. The van der Waals surface area contributed by atoms with Crippen LogP contribution in [0.25, 0.3) is 5.69 Å². The Labute approximate surface area is 155 Å². The fourth-order valence-corrected chi connectivity index (χ4v) is 3.54. The van der Waals surface area contributed by atoms with Gasteiger partial charge in [-0.1, -0.05) is 25.0 Å². The fraction of sp³-hybridized carbons (Fsp3) is 0.474. The molecule has 0 bridgehead atoms. The SMILES string of the molecule is CC(NC(=O)C1CCCCC1(C)N)c1cccc(-n2cccn2)c1.Cl. The number of nitrogens with one attached hydrogen (secondary N) is 1. The third-order valence-electron chi connectivity index (χ3n) is 5.07. The van der Waals surface area contributed by atoms with E-state index < -0.39 is 5.54 Å². The van der Waals surface area contributed by atoms with Crippen LogP contribution in [0.3, 0.4) is 0 Å². The van der Waals surface area contributed by atoms with Gasteiger partial charge in [-0.25, -0.2) is 4.68 Å². The molecular weight excluding hydrogens is 336 g/mol. The summed E-state index contributed by atoms with van der Waals surface area (Å²) in [6.07, 6.45) is 7.63. The van der Waals surface area contributed by atoms with E-state index in [1.165, 1.54) is 0 Å². The first-order valence-corrected chi connectivity index (χ1v) is 8.66. The molecule has 1 amide bonds. The molecule has 136 valence electrons. The smallest absolute Gasteiger partial charge is 0.225 e. The summed E-state index contributed by atoms with van der Waals surface area (Å²) in [5, 5.41) is 7.40. The van der Waals surface area contributed by atoms with Crippen molar-refractivity contribution in [2.24, 2.45) is 11.7 Å². The predicted molar refractivity (Wildman–Crippen MR) is 102 cm³/mol. The van der Waals surface area contributed by atoms with Crippen LogP contribution in [-0.2, 0) is 4.79 Å². The zero-order valence-corrected chi connectivity index (χ0v) is 15.6. The molecule has 0 radical (unpaired) electrons. The predicted octanol–water partition coefficient (Wildman–Crippen LogP) is 3.38. The van der Waals surface area contributed by atoms with Crippen LogP contribution in [0.4, 0.5) is 0 Å². The minimum Gasteiger partial charge on any atom is -0.349 e. The summed E-state index contributed by atoms with van der Waals surface area (Å²) in [7, 11) is 0. The van der Waals surface area contributed by atoms with Crippen LogP contribution >= 0.6 is 12.4 Å². The number of rotatable bonds is 4. The summed E-state index contributed by atoms with van der Waals surface area (Å²) < 4.78 is 1.82. The van der Waals surface area contributed by atoms with Gasteiger partial charge in [0.25, 0.3) is 0 Å². The van der Waals surface area contributed by atoms with E-state index in [4.69, 9.17) is 5.73 Å². The summed E-state index contributed by atoms with van der Waals surface area (Å²) in [5.74, 6) is -0.0420. The second-order valence-electron chi connectivity index (χ2n) is 7.08. The Hall–Kier alpha value is -1.85. The molecule has 3 atom stereocenters. The molecule has 25 heavy (non-hydrogen) atoms. The zero-order chi connectivity index (χ0) is 17.2. The van der Waals surface area contributed by atoms with Crippen molar-refractivity contribution in [3.05, 3.63) is 48.3 Å². The van der Waals surface area contributed by atoms with E-state index in [9.17, 15) is 4.79 Å². The molecule has 3 rings (SSSR count). The normalized spacial score (nSPS) is 24.2. The van der Waals surface area contributed by atoms with Gasteiger partial charge < -0.3 is 11.1 Å². The number of nitrogens with two attached hydrogens (primary N) is 1. The van der Waals surface area contributed by atoms with Crippen molar-refractivity contribution >= 4 is 18.3 Å². The van der Waals surface area contributed by atoms with E-state index in [1.54, 1.807) is 6.20 Å². The monoisotopic (exact) mass is 362 g/mol. The minimum atomic E-state index is -0.404. The maximum Gasteiger partial charge on any atom is 0.225 e. The number of aromatic nitrogens is 2. The molecule has 5 nitrogen and oxygen atoms in total. The number of carbonyl (C=O) groups excluding carboxylic acids is 1. The second kappa shape index (κ2) is 8.02. The van der Waals surface area contributed by atoms with Gasteiger partial charge in [-0.15, -0.1) is 12.4 Å². The first-order chi connectivity index (χ1) is 11.5. The molecule has 1 heterocycles. The first kappa shape index (κ1) is 19.5. The van der Waals surface area contributed by atoms with Crippen molar-refractivity contribution in [1.82, 2.24) is 15.1 Å². The van der Waals surface area contributed by atoms with E-state index in [0.717, 1.165) is 36.9 Å². The molecular formula is C19H27ClN4O. The number of hydrogen-bond acceptors (Lipinski definition) is 3. The van der Waals surface area contributed by atoms with Crippen LogP contribution in [-0.4, -0.2) is 21.2 Å². The highest BCUT2D eigenvalue weighted by Gasteiger charge is 2.38. The van der Waals surface area contributed by atoms with E-state index in [0.29, 0.717) is 0 Å². The Balaban J connectivity index is 0.00000225. The summed E-state index contributed by atoms with van der Waals surface area (Å²) in [6, 6.07) is 9.90. The number of nitrogens with zero attached hydrogens (tertiary/aromatic N) is 2. The summed E-state index contributed by atoms with van der Waals surface area (Å²) >= 11 is 0. The van der Waals surface area contributed by atoms with Crippen LogP contribution in [0.2, 0.25) is 0 Å². The first-order valence-electron chi connectivity index (χ1n) is 8.66. The summed E-state index contributed by atoms with van der Waals surface area (Å²) in [6.45, 7) is 4.01. The summed E-state index contributed by atoms with van der Waals surface area (Å²) in [5.41, 5.74) is 8.00. The highest BCUT2D eigenvalue weighted by Crippen LogP contribution is 2.32. The van der Waals surface area contributed by atoms with Crippen molar-refractivity contribution in [2.45, 2.75) is 51.1 Å². The molecule has 0 saturated heterocycles. The van der Waals surface area contributed by atoms with Gasteiger partial charge in [0, 0.05) is 17.9 Å². The molecule has 1 fully saturated rings. The number of amides is 1.